The number of aliphatic carboxylic acids is 1. The Kier molecular flexibility index (Phi) is 5.70. The summed E-state index contributed by atoms with van der Waals surface area (Å²) in [6.07, 6.45) is 0. The zero-order chi connectivity index (χ0) is 15.4. The van der Waals surface area contributed by atoms with Crippen molar-refractivity contribution in [2.24, 2.45) is 5.92 Å². The van der Waals surface area contributed by atoms with E-state index in [1.807, 2.05) is 11.9 Å². The van der Waals surface area contributed by atoms with Crippen molar-refractivity contribution in [3.05, 3.63) is 28.2 Å². The molecule has 7 heteroatoms. The largest absolute Gasteiger partial charge is 0.489 e. The smallest absolute Gasteiger partial charge is 0.310 e. The van der Waals surface area contributed by atoms with Gasteiger partial charge in [-0.1, -0.05) is 29.3 Å². The van der Waals surface area contributed by atoms with Crippen molar-refractivity contribution < 1.29 is 19.4 Å². The molecule has 1 N–H and O–H groups in total. The molecule has 0 radical (unpaired) electrons. The van der Waals surface area contributed by atoms with E-state index < -0.39 is 11.9 Å². The number of para-hydroxylation sites is 1. The van der Waals surface area contributed by atoms with E-state index in [1.54, 1.807) is 18.2 Å². The molecular formula is C14H17Cl2NO4. The number of rotatable bonds is 6. The molecule has 1 heterocycles. The molecule has 1 aromatic rings. The average molecular weight is 334 g/mol. The number of carboxylic acids is 1. The van der Waals surface area contributed by atoms with Gasteiger partial charge in [0.2, 0.25) is 0 Å². The Bertz CT molecular complexity index is 491. The van der Waals surface area contributed by atoms with Crippen molar-refractivity contribution >= 4 is 29.2 Å². The minimum atomic E-state index is -0.834. The third-order valence-electron chi connectivity index (χ3n) is 3.54. The Morgan fingerprint density at radius 2 is 2.10 bits per heavy atom. The van der Waals surface area contributed by atoms with Gasteiger partial charge in [0.15, 0.2) is 5.75 Å². The van der Waals surface area contributed by atoms with Crippen molar-refractivity contribution in [2.45, 2.75) is 6.04 Å². The fourth-order valence-electron chi connectivity index (χ4n) is 2.29. The summed E-state index contributed by atoms with van der Waals surface area (Å²) >= 11 is 12.0. The Balaban J connectivity index is 1.87. The second kappa shape index (κ2) is 7.31. The topological polar surface area (TPSA) is 59.0 Å². The first-order chi connectivity index (χ1) is 10.0. The fraction of sp³-hybridized carbons (Fsp3) is 0.500. The molecule has 1 aliphatic heterocycles. The number of hydrogen-bond acceptors (Lipinski definition) is 4. The minimum absolute atomic E-state index is 0.146. The molecule has 0 aromatic heterocycles. The van der Waals surface area contributed by atoms with Crippen LogP contribution in [0.1, 0.15) is 0 Å². The standard InChI is InChI=1S/C14H17Cl2NO4/c1-17(12-8-20-7-9(12)14(18)19)5-6-21-13-10(15)3-2-4-11(13)16/h2-4,9,12H,5-8H2,1H3,(H,18,19). The lowest BCUT2D eigenvalue weighted by Crippen LogP contribution is -2.42. The highest BCUT2D eigenvalue weighted by Gasteiger charge is 2.36. The van der Waals surface area contributed by atoms with Crippen molar-refractivity contribution in [3.63, 3.8) is 0 Å². The van der Waals surface area contributed by atoms with Crippen LogP contribution >= 0.6 is 23.2 Å². The summed E-state index contributed by atoms with van der Waals surface area (Å²) in [6, 6.07) is 5.01. The van der Waals surface area contributed by atoms with Crippen LogP contribution in [-0.2, 0) is 9.53 Å². The monoisotopic (exact) mass is 333 g/mol. The second-order valence-electron chi connectivity index (χ2n) is 4.93. The van der Waals surface area contributed by atoms with E-state index in [-0.39, 0.29) is 12.6 Å². The van der Waals surface area contributed by atoms with Gasteiger partial charge in [-0.25, -0.2) is 0 Å². The fourth-order valence-corrected chi connectivity index (χ4v) is 2.80. The normalized spacial score (nSPS) is 21.7. The molecule has 2 atom stereocenters. The number of likely N-dealkylation sites (N-methyl/N-ethyl adjacent to an activating group) is 1. The van der Waals surface area contributed by atoms with Gasteiger partial charge in [-0.15, -0.1) is 0 Å². The maximum Gasteiger partial charge on any atom is 0.310 e. The van der Waals surface area contributed by atoms with Crippen molar-refractivity contribution in [3.8, 4) is 5.75 Å². The van der Waals surface area contributed by atoms with Crippen molar-refractivity contribution in [2.75, 3.05) is 33.4 Å². The van der Waals surface area contributed by atoms with Gasteiger partial charge in [0.25, 0.3) is 0 Å². The number of carboxylic acid groups (broad SMARTS) is 1. The number of hydrogen-bond donors (Lipinski definition) is 1. The van der Waals surface area contributed by atoms with Crippen LogP contribution in [0.4, 0.5) is 0 Å². The molecule has 21 heavy (non-hydrogen) atoms. The van der Waals surface area contributed by atoms with Crippen LogP contribution in [0.5, 0.6) is 5.75 Å². The van der Waals surface area contributed by atoms with E-state index in [0.717, 1.165) is 0 Å². The molecule has 0 aliphatic carbocycles. The molecule has 0 saturated carbocycles. The molecular weight excluding hydrogens is 317 g/mol. The van der Waals surface area contributed by atoms with Gasteiger partial charge in [-0.2, -0.15) is 0 Å². The number of nitrogens with zero attached hydrogens (tertiary/aromatic N) is 1. The SMILES string of the molecule is CN(CCOc1c(Cl)cccc1Cl)C1COCC1C(=O)O. The molecule has 2 unspecified atom stereocenters. The first-order valence-electron chi connectivity index (χ1n) is 6.58. The number of ether oxygens (including phenoxy) is 2. The molecule has 1 saturated heterocycles. The predicted octanol–water partition coefficient (Wildman–Crippen LogP) is 2.40. The first-order valence-corrected chi connectivity index (χ1v) is 7.34. The van der Waals surface area contributed by atoms with Crippen molar-refractivity contribution in [1.29, 1.82) is 0 Å². The Morgan fingerprint density at radius 3 is 2.71 bits per heavy atom. The highest BCUT2D eigenvalue weighted by molar-refractivity contribution is 6.37. The lowest BCUT2D eigenvalue weighted by molar-refractivity contribution is -0.143. The van der Waals surface area contributed by atoms with E-state index >= 15 is 0 Å². The number of benzene rings is 1. The van der Waals surface area contributed by atoms with Gasteiger partial charge in [0.05, 0.1) is 29.2 Å². The van der Waals surface area contributed by atoms with Gasteiger partial charge in [-0.05, 0) is 19.2 Å². The zero-order valence-corrected chi connectivity index (χ0v) is 13.1. The first kappa shape index (κ1) is 16.4. The van der Waals surface area contributed by atoms with E-state index in [4.69, 9.17) is 37.8 Å². The molecule has 1 aromatic carbocycles. The molecule has 2 rings (SSSR count). The van der Waals surface area contributed by atoms with Crippen LogP contribution in [-0.4, -0.2) is 55.4 Å². The van der Waals surface area contributed by atoms with Crippen LogP contribution < -0.4 is 4.74 Å². The number of carbonyl (C=O) groups is 1. The predicted molar refractivity (Wildman–Crippen MR) is 80.3 cm³/mol. The van der Waals surface area contributed by atoms with E-state index in [1.165, 1.54) is 0 Å². The maximum absolute atomic E-state index is 11.1. The summed E-state index contributed by atoms with van der Waals surface area (Å²) in [7, 11) is 1.85. The maximum atomic E-state index is 11.1. The highest BCUT2D eigenvalue weighted by Crippen LogP contribution is 2.32. The Morgan fingerprint density at radius 1 is 1.43 bits per heavy atom. The highest BCUT2D eigenvalue weighted by atomic mass is 35.5. The molecule has 5 nitrogen and oxygen atoms in total. The molecule has 1 fully saturated rings. The second-order valence-corrected chi connectivity index (χ2v) is 5.74. The van der Waals surface area contributed by atoms with Crippen LogP contribution in [0.2, 0.25) is 10.0 Å². The van der Waals surface area contributed by atoms with Crippen molar-refractivity contribution in [1.82, 2.24) is 4.90 Å². The third kappa shape index (κ3) is 4.01. The summed E-state index contributed by atoms with van der Waals surface area (Å²) in [5.74, 6) is -0.884. The number of halogens is 2. The molecule has 0 bridgehead atoms. The van der Waals surface area contributed by atoms with Crippen LogP contribution in [0.3, 0.4) is 0 Å². The summed E-state index contributed by atoms with van der Waals surface area (Å²) in [6.45, 7) is 1.59. The van der Waals surface area contributed by atoms with E-state index in [2.05, 4.69) is 0 Å². The summed E-state index contributed by atoms with van der Waals surface area (Å²) < 4.78 is 10.8. The van der Waals surface area contributed by atoms with Gasteiger partial charge in [0.1, 0.15) is 6.61 Å². The summed E-state index contributed by atoms with van der Waals surface area (Å²) in [5.41, 5.74) is 0. The van der Waals surface area contributed by atoms with Gasteiger partial charge < -0.3 is 14.6 Å². The van der Waals surface area contributed by atoms with Crippen LogP contribution in [0.25, 0.3) is 0 Å². The molecule has 0 spiro atoms. The molecule has 1 aliphatic rings. The van der Waals surface area contributed by atoms with E-state index in [9.17, 15) is 4.79 Å². The average Bonchev–Trinajstić information content (AvgIpc) is 2.91. The lowest BCUT2D eigenvalue weighted by Gasteiger charge is -2.26. The van der Waals surface area contributed by atoms with Crippen LogP contribution in [0, 0.1) is 5.92 Å². The lowest BCUT2D eigenvalue weighted by atomic mass is 10.0. The summed E-state index contributed by atoms with van der Waals surface area (Å²) in [4.78, 5) is 13.1. The Hall–Kier alpha value is -1.01. The minimum Gasteiger partial charge on any atom is -0.489 e. The van der Waals surface area contributed by atoms with Gasteiger partial charge in [-0.3, -0.25) is 9.69 Å². The summed E-state index contributed by atoms with van der Waals surface area (Å²) in [5, 5.41) is 10.0. The molecule has 116 valence electrons. The quantitative estimate of drug-likeness (QED) is 0.866. The van der Waals surface area contributed by atoms with E-state index in [0.29, 0.717) is 35.6 Å². The van der Waals surface area contributed by atoms with Gasteiger partial charge >= 0.3 is 5.97 Å². The third-order valence-corrected chi connectivity index (χ3v) is 4.14. The van der Waals surface area contributed by atoms with Crippen LogP contribution in [0.15, 0.2) is 18.2 Å². The Labute approximate surface area is 133 Å². The molecule has 0 amide bonds. The zero-order valence-electron chi connectivity index (χ0n) is 11.6. The van der Waals surface area contributed by atoms with Gasteiger partial charge in [0, 0.05) is 12.6 Å².